The molecule has 0 aromatic heterocycles. The standard InChI is InChI=1S/C17H20NO4Si/c1-17(2,3)11-6-7-13(18-14(19)8-9-15(18)20)12(10-11)16(21)22-23(4)5/h6-10H,1-5H3. The fourth-order valence-electron chi connectivity index (χ4n) is 2.24. The molecule has 121 valence electrons. The molecule has 0 unspecified atom stereocenters. The molecule has 0 atom stereocenters. The van der Waals surface area contributed by atoms with E-state index in [9.17, 15) is 14.4 Å². The topological polar surface area (TPSA) is 63.7 Å². The van der Waals surface area contributed by atoms with E-state index in [2.05, 4.69) is 0 Å². The van der Waals surface area contributed by atoms with Gasteiger partial charge in [-0.1, -0.05) is 26.8 Å². The van der Waals surface area contributed by atoms with Crippen molar-refractivity contribution in [3.63, 3.8) is 0 Å². The van der Waals surface area contributed by atoms with Gasteiger partial charge in [-0.2, -0.15) is 0 Å². The van der Waals surface area contributed by atoms with Gasteiger partial charge in [0.05, 0.1) is 11.3 Å². The Kier molecular flexibility index (Phi) is 4.56. The second-order valence-corrected chi connectivity index (χ2v) is 8.65. The van der Waals surface area contributed by atoms with E-state index in [1.54, 1.807) is 12.1 Å². The quantitative estimate of drug-likeness (QED) is 0.631. The number of amides is 2. The second-order valence-electron chi connectivity index (χ2n) is 6.62. The van der Waals surface area contributed by atoms with Crippen molar-refractivity contribution in [2.75, 3.05) is 4.90 Å². The van der Waals surface area contributed by atoms with E-state index in [1.807, 2.05) is 39.9 Å². The summed E-state index contributed by atoms with van der Waals surface area (Å²) >= 11 is 0. The highest BCUT2D eigenvalue weighted by atomic mass is 28.3. The Morgan fingerprint density at radius 1 is 1.09 bits per heavy atom. The third-order valence-corrected chi connectivity index (χ3v) is 4.02. The molecule has 1 aliphatic heterocycles. The predicted octanol–water partition coefficient (Wildman–Crippen LogP) is 2.82. The highest BCUT2D eigenvalue weighted by molar-refractivity contribution is 6.51. The molecule has 0 aliphatic carbocycles. The lowest BCUT2D eigenvalue weighted by Gasteiger charge is -2.23. The Labute approximate surface area is 137 Å². The molecule has 6 heteroatoms. The van der Waals surface area contributed by atoms with E-state index in [0.717, 1.165) is 10.5 Å². The van der Waals surface area contributed by atoms with Gasteiger partial charge in [0.25, 0.3) is 20.9 Å². The summed E-state index contributed by atoms with van der Waals surface area (Å²) in [4.78, 5) is 37.3. The van der Waals surface area contributed by atoms with Crippen LogP contribution in [0.15, 0.2) is 30.4 Å². The minimum absolute atomic E-state index is 0.170. The van der Waals surface area contributed by atoms with Crippen molar-refractivity contribution in [3.8, 4) is 0 Å². The number of imide groups is 1. The number of carbonyl (C=O) groups excluding carboxylic acids is 3. The monoisotopic (exact) mass is 330 g/mol. The van der Waals surface area contributed by atoms with Gasteiger partial charge in [-0.25, -0.2) is 9.69 Å². The van der Waals surface area contributed by atoms with Crippen LogP contribution in [0.1, 0.15) is 36.7 Å². The third-order valence-electron chi connectivity index (χ3n) is 3.43. The van der Waals surface area contributed by atoms with Gasteiger partial charge in [0.1, 0.15) is 0 Å². The molecule has 1 heterocycles. The number of carbonyl (C=O) groups is 3. The molecule has 1 radical (unpaired) electrons. The van der Waals surface area contributed by atoms with Crippen LogP contribution in [0, 0.1) is 0 Å². The van der Waals surface area contributed by atoms with Crippen LogP contribution in [0.5, 0.6) is 0 Å². The van der Waals surface area contributed by atoms with Gasteiger partial charge in [-0.05, 0) is 36.2 Å². The predicted molar refractivity (Wildman–Crippen MR) is 89.7 cm³/mol. The normalized spacial score (nSPS) is 14.8. The van der Waals surface area contributed by atoms with Gasteiger partial charge in [-0.3, -0.25) is 9.59 Å². The lowest BCUT2D eigenvalue weighted by Crippen LogP contribution is -2.32. The van der Waals surface area contributed by atoms with Gasteiger partial charge in [0, 0.05) is 12.2 Å². The summed E-state index contributed by atoms with van der Waals surface area (Å²) in [5.74, 6) is -1.41. The zero-order valence-corrected chi connectivity index (χ0v) is 15.0. The number of hydrogen-bond donors (Lipinski definition) is 0. The van der Waals surface area contributed by atoms with Gasteiger partial charge in [0.15, 0.2) is 0 Å². The molecule has 23 heavy (non-hydrogen) atoms. The van der Waals surface area contributed by atoms with E-state index >= 15 is 0 Å². The molecule has 0 N–H and O–H groups in total. The van der Waals surface area contributed by atoms with Crippen molar-refractivity contribution in [1.29, 1.82) is 0 Å². The summed E-state index contributed by atoms with van der Waals surface area (Å²) in [7, 11) is -1.25. The smallest absolute Gasteiger partial charge is 0.326 e. The van der Waals surface area contributed by atoms with E-state index in [0.29, 0.717) is 0 Å². The first-order valence-electron chi connectivity index (χ1n) is 7.34. The first-order chi connectivity index (χ1) is 10.6. The maximum Gasteiger partial charge on any atom is 0.326 e. The molecular weight excluding hydrogens is 310 g/mol. The van der Waals surface area contributed by atoms with Crippen LogP contribution >= 0.6 is 0 Å². The molecule has 2 rings (SSSR count). The van der Waals surface area contributed by atoms with Crippen LogP contribution in [0.25, 0.3) is 0 Å². The lowest BCUT2D eigenvalue weighted by molar-refractivity contribution is -0.119. The Bertz CT molecular complexity index is 683. The fraction of sp³-hybridized carbons (Fsp3) is 0.353. The van der Waals surface area contributed by atoms with E-state index < -0.39 is 26.8 Å². The Hall–Kier alpha value is -2.21. The molecule has 1 aromatic rings. The van der Waals surface area contributed by atoms with Crippen LogP contribution < -0.4 is 4.90 Å². The fourth-order valence-corrected chi connectivity index (χ4v) is 2.72. The van der Waals surface area contributed by atoms with E-state index in [-0.39, 0.29) is 16.7 Å². The van der Waals surface area contributed by atoms with E-state index in [1.165, 1.54) is 12.2 Å². The average Bonchev–Trinajstić information content (AvgIpc) is 2.75. The summed E-state index contributed by atoms with van der Waals surface area (Å²) in [6.07, 6.45) is 2.40. The van der Waals surface area contributed by atoms with Gasteiger partial charge in [-0.15, -0.1) is 0 Å². The van der Waals surface area contributed by atoms with Crippen molar-refractivity contribution < 1.29 is 18.8 Å². The van der Waals surface area contributed by atoms with Crippen molar-refractivity contribution in [1.82, 2.24) is 0 Å². The second kappa shape index (κ2) is 6.12. The van der Waals surface area contributed by atoms with E-state index in [4.69, 9.17) is 4.43 Å². The lowest BCUT2D eigenvalue weighted by atomic mass is 9.86. The molecule has 0 saturated carbocycles. The molecule has 5 nitrogen and oxygen atoms in total. The SMILES string of the molecule is C[Si](C)OC(=O)c1cc(C(C)(C)C)ccc1N1C(=O)C=CC1=O. The third kappa shape index (κ3) is 3.59. The zero-order chi connectivity index (χ0) is 17.4. The molecule has 0 bridgehead atoms. The molecule has 0 saturated heterocycles. The minimum atomic E-state index is -1.25. The van der Waals surface area contributed by atoms with Crippen molar-refractivity contribution in [2.45, 2.75) is 39.3 Å². The van der Waals surface area contributed by atoms with Crippen molar-refractivity contribution in [2.24, 2.45) is 0 Å². The van der Waals surface area contributed by atoms with Crippen LogP contribution in [-0.2, 0) is 19.4 Å². The number of nitrogens with zero attached hydrogens (tertiary/aromatic N) is 1. The Morgan fingerprint density at radius 2 is 1.65 bits per heavy atom. The Morgan fingerprint density at radius 3 is 2.13 bits per heavy atom. The molecule has 1 aromatic carbocycles. The maximum atomic E-state index is 12.5. The van der Waals surface area contributed by atoms with Crippen LogP contribution in [0.3, 0.4) is 0 Å². The summed E-state index contributed by atoms with van der Waals surface area (Å²) in [5.41, 5.74) is 1.28. The summed E-state index contributed by atoms with van der Waals surface area (Å²) < 4.78 is 5.37. The molecule has 1 aliphatic rings. The highest BCUT2D eigenvalue weighted by Crippen LogP contribution is 2.31. The van der Waals surface area contributed by atoms with Crippen LogP contribution in [0.2, 0.25) is 13.1 Å². The number of hydrogen-bond acceptors (Lipinski definition) is 4. The average molecular weight is 330 g/mol. The van der Waals surface area contributed by atoms with Gasteiger partial charge >= 0.3 is 5.97 Å². The molecular formula is C17H20NO4Si. The molecule has 2 amide bonds. The largest absolute Gasteiger partial charge is 0.515 e. The summed E-state index contributed by atoms with van der Waals surface area (Å²) in [5, 5.41) is 0. The minimum Gasteiger partial charge on any atom is -0.515 e. The first kappa shape index (κ1) is 17.1. The number of anilines is 1. The van der Waals surface area contributed by atoms with Gasteiger partial charge in [0.2, 0.25) is 0 Å². The Balaban J connectivity index is 2.55. The maximum absolute atomic E-state index is 12.5. The highest BCUT2D eigenvalue weighted by Gasteiger charge is 2.30. The van der Waals surface area contributed by atoms with Crippen LogP contribution in [0.4, 0.5) is 5.69 Å². The number of rotatable bonds is 3. The van der Waals surface area contributed by atoms with Crippen molar-refractivity contribution >= 4 is 32.5 Å². The van der Waals surface area contributed by atoms with Gasteiger partial charge < -0.3 is 4.43 Å². The van der Waals surface area contributed by atoms with Crippen molar-refractivity contribution in [3.05, 3.63) is 41.5 Å². The first-order valence-corrected chi connectivity index (χ1v) is 9.75. The zero-order valence-electron chi connectivity index (χ0n) is 14.0. The molecule has 0 spiro atoms. The summed E-state index contributed by atoms with van der Waals surface area (Å²) in [6, 6.07) is 5.17. The number of benzene rings is 1. The molecule has 0 fully saturated rings. The summed E-state index contributed by atoms with van der Waals surface area (Å²) in [6.45, 7) is 9.78. The van der Waals surface area contributed by atoms with Crippen LogP contribution in [-0.4, -0.2) is 26.8 Å².